The number of halogens is 1. The molecule has 1 aliphatic heterocycles. The number of nitrogens with zero attached hydrogens (tertiary/aromatic N) is 8. The van der Waals surface area contributed by atoms with Gasteiger partial charge in [-0.15, -0.1) is 0 Å². The summed E-state index contributed by atoms with van der Waals surface area (Å²) in [5.74, 6) is 0.322. The zero-order valence-electron chi connectivity index (χ0n) is 18.1. The third-order valence-electron chi connectivity index (χ3n) is 6.47. The minimum absolute atomic E-state index is 0.107. The zero-order valence-corrected chi connectivity index (χ0v) is 18.1. The Morgan fingerprint density at radius 2 is 2.15 bits per heavy atom. The van der Waals surface area contributed by atoms with Crippen LogP contribution in [0.15, 0.2) is 55.4 Å². The SMILES string of the molecule is N#CCC(C1CCN(c2ncc3cccc(F)c3n2)C1)n1cc(-c2ncnc3[nH]ccc23)cn1. The Kier molecular flexibility index (Phi) is 4.87. The maximum absolute atomic E-state index is 14.2. The number of aromatic nitrogens is 7. The number of H-pyrrole nitrogens is 1. The van der Waals surface area contributed by atoms with Crippen LogP contribution in [0.2, 0.25) is 0 Å². The predicted molar refractivity (Wildman–Crippen MR) is 124 cm³/mol. The minimum Gasteiger partial charge on any atom is -0.346 e. The molecule has 9 nitrogen and oxygen atoms in total. The second-order valence-electron chi connectivity index (χ2n) is 8.44. The standard InChI is InChI=1S/C24H20FN9/c25-19-3-1-2-15-10-28-24(32-22(15)19)33-9-6-16(12-33)20(4-7-26)34-13-17(11-31-34)21-18-5-8-27-23(18)30-14-29-21/h1-3,5,8,10-11,13-14,16,20H,4,6,9,12H2,(H,27,29,30). The molecule has 0 bridgehead atoms. The van der Waals surface area contributed by atoms with Gasteiger partial charge in [-0.2, -0.15) is 10.4 Å². The zero-order chi connectivity index (χ0) is 23.1. The third-order valence-corrected chi connectivity index (χ3v) is 6.47. The summed E-state index contributed by atoms with van der Waals surface area (Å²) in [5, 5.41) is 15.7. The molecular formula is C24H20FN9. The van der Waals surface area contributed by atoms with Crippen molar-refractivity contribution in [1.29, 1.82) is 5.26 Å². The van der Waals surface area contributed by atoms with E-state index < -0.39 is 0 Å². The number of para-hydroxylation sites is 1. The van der Waals surface area contributed by atoms with Gasteiger partial charge >= 0.3 is 0 Å². The molecule has 0 radical (unpaired) electrons. The minimum atomic E-state index is -0.357. The molecule has 6 rings (SSSR count). The molecule has 168 valence electrons. The van der Waals surface area contributed by atoms with Crippen LogP contribution in [0.25, 0.3) is 33.2 Å². The fourth-order valence-electron chi connectivity index (χ4n) is 4.76. The first-order valence-electron chi connectivity index (χ1n) is 11.1. The lowest BCUT2D eigenvalue weighted by atomic mass is 9.96. The van der Waals surface area contributed by atoms with Gasteiger partial charge in [0.25, 0.3) is 0 Å². The summed E-state index contributed by atoms with van der Waals surface area (Å²) in [7, 11) is 0. The summed E-state index contributed by atoms with van der Waals surface area (Å²) in [4.78, 5) is 22.8. The van der Waals surface area contributed by atoms with Gasteiger partial charge in [-0.3, -0.25) is 4.68 Å². The van der Waals surface area contributed by atoms with Crippen molar-refractivity contribution in [3.8, 4) is 17.3 Å². The quantitative estimate of drug-likeness (QED) is 0.430. The van der Waals surface area contributed by atoms with Crippen LogP contribution >= 0.6 is 0 Å². The van der Waals surface area contributed by atoms with Gasteiger partial charge in [0.1, 0.15) is 23.3 Å². The molecule has 5 heterocycles. The Hall–Kier alpha value is -4.39. The topological polar surface area (TPSA) is 112 Å². The van der Waals surface area contributed by atoms with Crippen LogP contribution in [0.3, 0.4) is 0 Å². The van der Waals surface area contributed by atoms with E-state index in [0.29, 0.717) is 29.8 Å². The van der Waals surface area contributed by atoms with Crippen LogP contribution in [0.1, 0.15) is 18.9 Å². The van der Waals surface area contributed by atoms with Crippen LogP contribution in [-0.2, 0) is 0 Å². The van der Waals surface area contributed by atoms with Crippen molar-refractivity contribution in [3.63, 3.8) is 0 Å². The molecule has 1 N–H and O–H groups in total. The first-order chi connectivity index (χ1) is 16.7. The Labute approximate surface area is 193 Å². The monoisotopic (exact) mass is 453 g/mol. The molecule has 1 aromatic carbocycles. The number of hydrogen-bond donors (Lipinski definition) is 1. The predicted octanol–water partition coefficient (Wildman–Crippen LogP) is 3.88. The van der Waals surface area contributed by atoms with Gasteiger partial charge in [0.15, 0.2) is 0 Å². The lowest BCUT2D eigenvalue weighted by Gasteiger charge is -2.22. The normalized spacial score (nSPS) is 16.8. The van der Waals surface area contributed by atoms with Crippen LogP contribution in [-0.4, -0.2) is 47.8 Å². The highest BCUT2D eigenvalue weighted by Crippen LogP contribution is 2.33. The van der Waals surface area contributed by atoms with Crippen LogP contribution in [0.5, 0.6) is 0 Å². The van der Waals surface area contributed by atoms with Gasteiger partial charge in [-0.1, -0.05) is 12.1 Å². The molecule has 1 fully saturated rings. The summed E-state index contributed by atoms with van der Waals surface area (Å²) in [6, 6.07) is 9.00. The second kappa shape index (κ2) is 8.19. The lowest BCUT2D eigenvalue weighted by molar-refractivity contribution is 0.332. The molecule has 0 saturated carbocycles. The molecule has 2 atom stereocenters. The summed E-state index contributed by atoms with van der Waals surface area (Å²) in [5.41, 5.74) is 2.76. The number of benzene rings is 1. The highest BCUT2D eigenvalue weighted by atomic mass is 19.1. The molecule has 1 aliphatic rings. The van der Waals surface area contributed by atoms with E-state index >= 15 is 0 Å². The van der Waals surface area contributed by atoms with E-state index in [2.05, 4.69) is 41.0 Å². The number of anilines is 1. The molecule has 4 aromatic heterocycles. The maximum Gasteiger partial charge on any atom is 0.225 e. The van der Waals surface area contributed by atoms with Gasteiger partial charge in [0, 0.05) is 53.9 Å². The summed E-state index contributed by atoms with van der Waals surface area (Å²) in [6.45, 7) is 1.40. The third kappa shape index (κ3) is 3.42. The summed E-state index contributed by atoms with van der Waals surface area (Å²) in [6.07, 6.45) is 9.93. The van der Waals surface area contributed by atoms with Crippen molar-refractivity contribution in [2.75, 3.05) is 18.0 Å². The Bertz CT molecular complexity index is 1530. The van der Waals surface area contributed by atoms with Crippen molar-refractivity contribution < 1.29 is 4.39 Å². The van der Waals surface area contributed by atoms with E-state index in [1.54, 1.807) is 24.5 Å². The van der Waals surface area contributed by atoms with Crippen molar-refractivity contribution in [1.82, 2.24) is 34.7 Å². The van der Waals surface area contributed by atoms with E-state index in [9.17, 15) is 9.65 Å². The largest absolute Gasteiger partial charge is 0.346 e. The van der Waals surface area contributed by atoms with E-state index in [-0.39, 0.29) is 17.8 Å². The Morgan fingerprint density at radius 3 is 3.06 bits per heavy atom. The molecule has 0 spiro atoms. The first kappa shape index (κ1) is 20.2. The van der Waals surface area contributed by atoms with Crippen molar-refractivity contribution >= 4 is 27.9 Å². The van der Waals surface area contributed by atoms with E-state index in [0.717, 1.165) is 35.3 Å². The molecule has 0 amide bonds. The number of nitrogens with one attached hydrogen (secondary N) is 1. The molecule has 2 unspecified atom stereocenters. The number of aromatic amines is 1. The molecule has 5 aromatic rings. The van der Waals surface area contributed by atoms with Crippen molar-refractivity contribution in [2.24, 2.45) is 5.92 Å². The summed E-state index contributed by atoms with van der Waals surface area (Å²) < 4.78 is 16.1. The fourth-order valence-corrected chi connectivity index (χ4v) is 4.76. The van der Waals surface area contributed by atoms with Crippen LogP contribution < -0.4 is 4.90 Å². The van der Waals surface area contributed by atoms with Crippen LogP contribution in [0.4, 0.5) is 10.3 Å². The van der Waals surface area contributed by atoms with Crippen molar-refractivity contribution in [2.45, 2.75) is 18.9 Å². The maximum atomic E-state index is 14.2. The van der Waals surface area contributed by atoms with E-state index in [1.165, 1.54) is 12.4 Å². The van der Waals surface area contributed by atoms with Crippen molar-refractivity contribution in [3.05, 3.63) is 61.2 Å². The van der Waals surface area contributed by atoms with Gasteiger partial charge in [0.2, 0.25) is 5.95 Å². The summed E-state index contributed by atoms with van der Waals surface area (Å²) >= 11 is 0. The molecule has 1 saturated heterocycles. The lowest BCUT2D eigenvalue weighted by Crippen LogP contribution is -2.26. The van der Waals surface area contributed by atoms with Gasteiger partial charge in [-0.05, 0) is 18.6 Å². The smallest absolute Gasteiger partial charge is 0.225 e. The number of rotatable bonds is 5. The first-order valence-corrected chi connectivity index (χ1v) is 11.1. The van der Waals surface area contributed by atoms with Crippen LogP contribution in [0, 0.1) is 23.1 Å². The Morgan fingerprint density at radius 1 is 1.21 bits per heavy atom. The number of nitriles is 1. The number of hydrogen-bond acceptors (Lipinski definition) is 7. The highest BCUT2D eigenvalue weighted by molar-refractivity contribution is 5.90. The van der Waals surface area contributed by atoms with E-state index in [4.69, 9.17) is 0 Å². The molecule has 10 heteroatoms. The molecule has 0 aliphatic carbocycles. The molecular weight excluding hydrogens is 433 g/mol. The van der Waals surface area contributed by atoms with Gasteiger partial charge < -0.3 is 9.88 Å². The Balaban J connectivity index is 1.27. The average molecular weight is 453 g/mol. The van der Waals surface area contributed by atoms with E-state index in [1.807, 2.05) is 23.1 Å². The average Bonchev–Trinajstić information content (AvgIpc) is 3.63. The van der Waals surface area contributed by atoms with Gasteiger partial charge in [0.05, 0.1) is 30.4 Å². The molecule has 34 heavy (non-hydrogen) atoms. The highest BCUT2D eigenvalue weighted by Gasteiger charge is 2.32. The second-order valence-corrected chi connectivity index (χ2v) is 8.44. The fraction of sp³-hybridized carbons (Fsp3) is 0.250. The number of fused-ring (bicyclic) bond motifs is 2. The van der Waals surface area contributed by atoms with Gasteiger partial charge in [-0.25, -0.2) is 24.3 Å².